The highest BCUT2D eigenvalue weighted by molar-refractivity contribution is 5.75. The summed E-state index contributed by atoms with van der Waals surface area (Å²) in [4.78, 5) is 11.1. The molecule has 1 aliphatic rings. The Morgan fingerprint density at radius 1 is 1.22 bits per heavy atom. The fourth-order valence-electron chi connectivity index (χ4n) is 3.70. The second-order valence-corrected chi connectivity index (χ2v) is 6.03. The van der Waals surface area contributed by atoms with Gasteiger partial charge in [-0.05, 0) is 42.6 Å². The fourth-order valence-corrected chi connectivity index (χ4v) is 3.70. The SMILES string of the molecule is CC[C@@H]1[C@H](CCC(C)=O)[C@@]1(C)Cc1ccccc1. The summed E-state index contributed by atoms with van der Waals surface area (Å²) in [6, 6.07) is 10.7. The van der Waals surface area contributed by atoms with Crippen molar-refractivity contribution in [3.63, 3.8) is 0 Å². The average molecular weight is 244 g/mol. The second-order valence-electron chi connectivity index (χ2n) is 6.03. The average Bonchev–Trinajstić information content (AvgIpc) is 2.91. The summed E-state index contributed by atoms with van der Waals surface area (Å²) in [6.07, 6.45) is 4.24. The topological polar surface area (TPSA) is 17.1 Å². The number of carbonyl (C=O) groups excluding carboxylic acids is 1. The van der Waals surface area contributed by atoms with Crippen LogP contribution < -0.4 is 0 Å². The minimum atomic E-state index is 0.332. The minimum absolute atomic E-state index is 0.332. The van der Waals surface area contributed by atoms with E-state index < -0.39 is 0 Å². The molecule has 2 rings (SSSR count). The largest absolute Gasteiger partial charge is 0.300 e. The van der Waals surface area contributed by atoms with Gasteiger partial charge in [0.25, 0.3) is 0 Å². The third-order valence-corrected chi connectivity index (χ3v) is 4.75. The zero-order chi connectivity index (χ0) is 13.2. The maximum atomic E-state index is 11.1. The Morgan fingerprint density at radius 2 is 1.89 bits per heavy atom. The molecule has 0 radical (unpaired) electrons. The Kier molecular flexibility index (Phi) is 3.89. The van der Waals surface area contributed by atoms with Crippen LogP contribution in [0.25, 0.3) is 0 Å². The molecule has 98 valence electrons. The lowest BCUT2D eigenvalue weighted by molar-refractivity contribution is -0.117. The zero-order valence-corrected chi connectivity index (χ0v) is 11.8. The zero-order valence-electron chi connectivity index (χ0n) is 11.8. The lowest BCUT2D eigenvalue weighted by Gasteiger charge is -2.12. The fraction of sp³-hybridized carbons (Fsp3) is 0.588. The summed E-state index contributed by atoms with van der Waals surface area (Å²) >= 11 is 0. The molecule has 18 heavy (non-hydrogen) atoms. The standard InChI is InChI=1S/C17H24O/c1-4-15-16(11-10-13(2)18)17(15,3)12-14-8-6-5-7-9-14/h5-9,15-16H,4,10-12H2,1-3H3/t15-,16+,17+/m1/s1. The van der Waals surface area contributed by atoms with E-state index in [-0.39, 0.29) is 0 Å². The maximum absolute atomic E-state index is 11.1. The van der Waals surface area contributed by atoms with Crippen LogP contribution in [0.2, 0.25) is 0 Å². The van der Waals surface area contributed by atoms with Gasteiger partial charge < -0.3 is 4.79 Å². The minimum Gasteiger partial charge on any atom is -0.300 e. The molecule has 0 spiro atoms. The number of hydrogen-bond acceptors (Lipinski definition) is 1. The maximum Gasteiger partial charge on any atom is 0.129 e. The van der Waals surface area contributed by atoms with E-state index in [1.807, 2.05) is 0 Å². The second kappa shape index (κ2) is 5.26. The molecular formula is C17H24O. The van der Waals surface area contributed by atoms with Crippen molar-refractivity contribution in [2.45, 2.75) is 46.5 Å². The molecule has 0 aliphatic heterocycles. The van der Waals surface area contributed by atoms with Crippen molar-refractivity contribution in [3.05, 3.63) is 35.9 Å². The molecule has 1 saturated carbocycles. The van der Waals surface area contributed by atoms with Crippen LogP contribution in [0.3, 0.4) is 0 Å². The Morgan fingerprint density at radius 3 is 2.44 bits per heavy atom. The molecule has 0 heterocycles. The van der Waals surface area contributed by atoms with E-state index in [0.29, 0.717) is 11.2 Å². The van der Waals surface area contributed by atoms with Gasteiger partial charge in [0.15, 0.2) is 0 Å². The molecule has 1 aliphatic carbocycles. The number of carbonyl (C=O) groups is 1. The number of ketones is 1. The smallest absolute Gasteiger partial charge is 0.129 e. The van der Waals surface area contributed by atoms with Crippen molar-refractivity contribution < 1.29 is 4.79 Å². The van der Waals surface area contributed by atoms with Crippen LogP contribution in [0.1, 0.15) is 45.6 Å². The molecule has 0 N–H and O–H groups in total. The number of benzene rings is 1. The summed E-state index contributed by atoms with van der Waals surface area (Å²) < 4.78 is 0. The molecule has 0 saturated heterocycles. The summed E-state index contributed by atoms with van der Waals surface area (Å²) in [5, 5.41) is 0. The Hall–Kier alpha value is -1.11. The third-order valence-electron chi connectivity index (χ3n) is 4.75. The summed E-state index contributed by atoms with van der Waals surface area (Å²) in [5.74, 6) is 1.88. The van der Waals surface area contributed by atoms with Crippen molar-refractivity contribution in [1.82, 2.24) is 0 Å². The van der Waals surface area contributed by atoms with Crippen LogP contribution >= 0.6 is 0 Å². The van der Waals surface area contributed by atoms with Crippen LogP contribution in [-0.2, 0) is 11.2 Å². The summed E-state index contributed by atoms with van der Waals surface area (Å²) in [6.45, 7) is 6.39. The van der Waals surface area contributed by atoms with Gasteiger partial charge in [-0.25, -0.2) is 0 Å². The van der Waals surface area contributed by atoms with Crippen molar-refractivity contribution in [1.29, 1.82) is 0 Å². The molecule has 3 atom stereocenters. The first kappa shape index (κ1) is 13.3. The van der Waals surface area contributed by atoms with E-state index in [9.17, 15) is 4.79 Å². The van der Waals surface area contributed by atoms with Gasteiger partial charge in [0.05, 0.1) is 0 Å². The van der Waals surface area contributed by atoms with Gasteiger partial charge in [0.2, 0.25) is 0 Å². The molecule has 0 bridgehead atoms. The molecule has 0 aromatic heterocycles. The van der Waals surface area contributed by atoms with E-state index in [4.69, 9.17) is 0 Å². The van der Waals surface area contributed by atoms with E-state index in [1.54, 1.807) is 6.92 Å². The lowest BCUT2D eigenvalue weighted by Crippen LogP contribution is -2.05. The van der Waals surface area contributed by atoms with Crippen LogP contribution in [0.15, 0.2) is 30.3 Å². The molecular weight excluding hydrogens is 220 g/mol. The Bertz CT molecular complexity index is 409. The summed E-state index contributed by atoms with van der Waals surface area (Å²) in [7, 11) is 0. The monoisotopic (exact) mass is 244 g/mol. The van der Waals surface area contributed by atoms with Crippen molar-refractivity contribution in [3.8, 4) is 0 Å². The van der Waals surface area contributed by atoms with Crippen molar-refractivity contribution in [2.75, 3.05) is 0 Å². The molecule has 1 heteroatoms. The summed E-state index contributed by atoms with van der Waals surface area (Å²) in [5.41, 5.74) is 1.86. The third kappa shape index (κ3) is 2.66. The molecule has 1 fully saturated rings. The predicted molar refractivity (Wildman–Crippen MR) is 75.4 cm³/mol. The molecule has 1 nitrogen and oxygen atoms in total. The van der Waals surface area contributed by atoms with E-state index in [2.05, 4.69) is 44.2 Å². The van der Waals surface area contributed by atoms with Gasteiger partial charge in [-0.15, -0.1) is 0 Å². The lowest BCUT2D eigenvalue weighted by atomic mass is 9.93. The number of hydrogen-bond donors (Lipinski definition) is 0. The molecule has 1 aromatic rings. The number of rotatable bonds is 6. The van der Waals surface area contributed by atoms with Crippen LogP contribution in [0, 0.1) is 17.3 Å². The molecule has 0 unspecified atom stereocenters. The van der Waals surface area contributed by atoms with Crippen LogP contribution in [-0.4, -0.2) is 5.78 Å². The van der Waals surface area contributed by atoms with Gasteiger partial charge in [-0.1, -0.05) is 50.6 Å². The highest BCUT2D eigenvalue weighted by Crippen LogP contribution is 2.63. The molecule has 0 amide bonds. The first-order valence-corrected chi connectivity index (χ1v) is 7.11. The quantitative estimate of drug-likeness (QED) is 0.730. The van der Waals surface area contributed by atoms with E-state index >= 15 is 0 Å². The predicted octanol–water partition coefficient (Wildman–Crippen LogP) is 4.26. The van der Waals surface area contributed by atoms with E-state index in [0.717, 1.165) is 31.1 Å². The van der Waals surface area contributed by atoms with Crippen molar-refractivity contribution >= 4 is 5.78 Å². The van der Waals surface area contributed by atoms with Gasteiger partial charge >= 0.3 is 0 Å². The Labute approximate surface area is 111 Å². The van der Waals surface area contributed by atoms with Gasteiger partial charge in [-0.2, -0.15) is 0 Å². The van der Waals surface area contributed by atoms with Gasteiger partial charge in [-0.3, -0.25) is 0 Å². The molecule has 1 aromatic carbocycles. The van der Waals surface area contributed by atoms with Gasteiger partial charge in [0, 0.05) is 6.42 Å². The highest BCUT2D eigenvalue weighted by atomic mass is 16.1. The Balaban J connectivity index is 1.99. The van der Waals surface area contributed by atoms with Crippen LogP contribution in [0.5, 0.6) is 0 Å². The first-order valence-electron chi connectivity index (χ1n) is 7.11. The first-order chi connectivity index (χ1) is 8.58. The van der Waals surface area contributed by atoms with Crippen molar-refractivity contribution in [2.24, 2.45) is 17.3 Å². The van der Waals surface area contributed by atoms with Gasteiger partial charge in [0.1, 0.15) is 5.78 Å². The highest BCUT2D eigenvalue weighted by Gasteiger charge is 2.58. The normalized spacial score (nSPS) is 30.2. The van der Waals surface area contributed by atoms with Crippen LogP contribution in [0.4, 0.5) is 0 Å². The van der Waals surface area contributed by atoms with E-state index in [1.165, 1.54) is 12.0 Å². The number of Topliss-reactive ketones (excluding diaryl/α,β-unsaturated/α-hetero) is 1.